The van der Waals surface area contributed by atoms with E-state index in [-0.39, 0.29) is 12.5 Å². The van der Waals surface area contributed by atoms with E-state index in [1.54, 1.807) is 32.0 Å². The first-order chi connectivity index (χ1) is 10.5. The highest BCUT2D eigenvalue weighted by atomic mass is 16.5. The molecule has 1 aromatic carbocycles. The summed E-state index contributed by atoms with van der Waals surface area (Å²) in [6.07, 6.45) is 0.878. The van der Waals surface area contributed by atoms with E-state index in [9.17, 15) is 14.7 Å². The summed E-state index contributed by atoms with van der Waals surface area (Å²) < 4.78 is 10.4. The van der Waals surface area contributed by atoms with Gasteiger partial charge in [-0.15, -0.1) is 0 Å². The van der Waals surface area contributed by atoms with Crippen molar-refractivity contribution in [2.45, 2.75) is 26.7 Å². The zero-order valence-corrected chi connectivity index (χ0v) is 13.4. The lowest BCUT2D eigenvalue weighted by Crippen LogP contribution is -2.42. The van der Waals surface area contributed by atoms with E-state index in [2.05, 4.69) is 5.32 Å². The first-order valence-corrected chi connectivity index (χ1v) is 7.18. The van der Waals surface area contributed by atoms with E-state index < -0.39 is 11.4 Å². The highest BCUT2D eigenvalue weighted by Gasteiger charge is 2.35. The molecule has 0 heterocycles. The van der Waals surface area contributed by atoms with Crippen LogP contribution in [0.15, 0.2) is 18.2 Å². The summed E-state index contributed by atoms with van der Waals surface area (Å²) >= 11 is 0. The predicted octanol–water partition coefficient (Wildman–Crippen LogP) is 2.32. The van der Waals surface area contributed by atoms with Gasteiger partial charge in [0.25, 0.3) is 5.91 Å². The van der Waals surface area contributed by atoms with E-state index in [1.165, 1.54) is 14.2 Å². The fourth-order valence-corrected chi connectivity index (χ4v) is 2.29. The lowest BCUT2D eigenvalue weighted by atomic mass is 9.82. The zero-order valence-electron chi connectivity index (χ0n) is 13.4. The topological polar surface area (TPSA) is 84.9 Å². The lowest BCUT2D eigenvalue weighted by molar-refractivity contribution is -0.149. The highest BCUT2D eigenvalue weighted by molar-refractivity contribution is 5.98. The predicted molar refractivity (Wildman–Crippen MR) is 82.5 cm³/mol. The van der Waals surface area contributed by atoms with Gasteiger partial charge in [0, 0.05) is 6.54 Å². The number of rotatable bonds is 8. The second kappa shape index (κ2) is 7.68. The molecule has 1 rings (SSSR count). The van der Waals surface area contributed by atoms with Gasteiger partial charge in [-0.2, -0.15) is 0 Å². The number of benzene rings is 1. The minimum Gasteiger partial charge on any atom is -0.493 e. The van der Waals surface area contributed by atoms with Gasteiger partial charge in [-0.3, -0.25) is 9.59 Å². The van der Waals surface area contributed by atoms with Crippen molar-refractivity contribution in [1.29, 1.82) is 0 Å². The van der Waals surface area contributed by atoms with Crippen LogP contribution in [-0.4, -0.2) is 37.7 Å². The molecule has 6 heteroatoms. The molecule has 0 unspecified atom stereocenters. The molecule has 0 fully saturated rings. The third-order valence-electron chi connectivity index (χ3n) is 4.04. The summed E-state index contributed by atoms with van der Waals surface area (Å²) in [6, 6.07) is 4.98. The lowest BCUT2D eigenvalue weighted by Gasteiger charge is -2.27. The first-order valence-electron chi connectivity index (χ1n) is 7.18. The second-order valence-corrected chi connectivity index (χ2v) is 5.02. The van der Waals surface area contributed by atoms with Crippen LogP contribution < -0.4 is 14.8 Å². The van der Waals surface area contributed by atoms with E-state index >= 15 is 0 Å². The molecule has 0 aromatic heterocycles. The molecule has 1 amide bonds. The summed E-state index contributed by atoms with van der Waals surface area (Å²) in [5, 5.41) is 12.1. The van der Waals surface area contributed by atoms with Crippen molar-refractivity contribution in [3.8, 4) is 11.5 Å². The van der Waals surface area contributed by atoms with Crippen LogP contribution in [0.2, 0.25) is 0 Å². The molecule has 0 aliphatic carbocycles. The van der Waals surface area contributed by atoms with Gasteiger partial charge >= 0.3 is 5.97 Å². The molecular formula is C16H23NO5. The van der Waals surface area contributed by atoms with Crippen LogP contribution in [0, 0.1) is 5.41 Å². The van der Waals surface area contributed by atoms with Gasteiger partial charge in [0.1, 0.15) is 0 Å². The summed E-state index contributed by atoms with van der Waals surface area (Å²) in [5.41, 5.74) is -0.643. The Kier molecular flexibility index (Phi) is 6.22. The van der Waals surface area contributed by atoms with Crippen molar-refractivity contribution in [1.82, 2.24) is 5.32 Å². The molecule has 122 valence electrons. The summed E-state index contributed by atoms with van der Waals surface area (Å²) in [7, 11) is 2.94. The van der Waals surface area contributed by atoms with Crippen LogP contribution in [0.25, 0.3) is 0 Å². The Balaban J connectivity index is 2.97. The number of hydrogen-bond acceptors (Lipinski definition) is 4. The van der Waals surface area contributed by atoms with Crippen LogP contribution >= 0.6 is 0 Å². The first kappa shape index (κ1) is 17.8. The van der Waals surface area contributed by atoms with Crippen LogP contribution in [0.5, 0.6) is 11.5 Å². The average Bonchev–Trinajstić information content (AvgIpc) is 2.54. The number of nitrogens with one attached hydrogen (secondary N) is 1. The van der Waals surface area contributed by atoms with E-state index in [0.29, 0.717) is 29.9 Å². The Morgan fingerprint density at radius 1 is 1.18 bits per heavy atom. The molecule has 1 aromatic rings. The Labute approximate surface area is 130 Å². The zero-order chi connectivity index (χ0) is 16.8. The number of amides is 1. The fourth-order valence-electron chi connectivity index (χ4n) is 2.29. The number of ether oxygens (including phenoxy) is 2. The van der Waals surface area contributed by atoms with Gasteiger partial charge in [-0.1, -0.05) is 19.9 Å². The molecule has 0 radical (unpaired) electrons. The summed E-state index contributed by atoms with van der Waals surface area (Å²) in [5.74, 6) is -0.513. The van der Waals surface area contributed by atoms with Crippen molar-refractivity contribution >= 4 is 11.9 Å². The molecule has 6 nitrogen and oxygen atoms in total. The Bertz CT molecular complexity index is 537. The molecule has 0 aliphatic rings. The number of methoxy groups -OCH3 is 2. The molecule has 0 bridgehead atoms. The van der Waals surface area contributed by atoms with Gasteiger partial charge < -0.3 is 19.9 Å². The van der Waals surface area contributed by atoms with Crippen molar-refractivity contribution in [3.05, 3.63) is 23.8 Å². The highest BCUT2D eigenvalue weighted by Crippen LogP contribution is 2.31. The third-order valence-corrected chi connectivity index (χ3v) is 4.04. The fraction of sp³-hybridized carbons (Fsp3) is 0.500. The number of aliphatic carboxylic acids is 1. The Morgan fingerprint density at radius 2 is 1.82 bits per heavy atom. The third kappa shape index (κ3) is 3.50. The summed E-state index contributed by atoms with van der Waals surface area (Å²) in [4.78, 5) is 23.8. The molecule has 0 saturated carbocycles. The van der Waals surface area contributed by atoms with Crippen LogP contribution in [0.1, 0.15) is 37.0 Å². The van der Waals surface area contributed by atoms with Gasteiger partial charge in [-0.25, -0.2) is 0 Å². The number of carboxylic acid groups (broad SMARTS) is 1. The van der Waals surface area contributed by atoms with Crippen molar-refractivity contribution in [3.63, 3.8) is 0 Å². The van der Waals surface area contributed by atoms with Gasteiger partial charge in [0.2, 0.25) is 0 Å². The Hall–Kier alpha value is -2.24. The smallest absolute Gasteiger partial charge is 0.311 e. The Morgan fingerprint density at radius 3 is 2.27 bits per heavy atom. The number of para-hydroxylation sites is 1. The quantitative estimate of drug-likeness (QED) is 0.770. The molecule has 0 atom stereocenters. The van der Waals surface area contributed by atoms with Gasteiger partial charge in [-0.05, 0) is 25.0 Å². The van der Waals surface area contributed by atoms with Crippen molar-refractivity contribution in [2.24, 2.45) is 5.41 Å². The summed E-state index contributed by atoms with van der Waals surface area (Å²) in [6.45, 7) is 3.67. The van der Waals surface area contributed by atoms with E-state index in [4.69, 9.17) is 9.47 Å². The number of hydrogen-bond donors (Lipinski definition) is 2. The normalized spacial score (nSPS) is 10.9. The molecule has 0 saturated heterocycles. The average molecular weight is 309 g/mol. The van der Waals surface area contributed by atoms with Crippen LogP contribution in [0.3, 0.4) is 0 Å². The second-order valence-electron chi connectivity index (χ2n) is 5.02. The standard InChI is InChI=1S/C16H23NO5/c1-5-16(6-2,15(19)20)10-17-14(18)11-8-7-9-12(21-3)13(11)22-4/h7-9H,5-6,10H2,1-4H3,(H,17,18)(H,19,20). The monoisotopic (exact) mass is 309 g/mol. The van der Waals surface area contributed by atoms with Crippen LogP contribution in [-0.2, 0) is 4.79 Å². The number of carboxylic acids is 1. The maximum absolute atomic E-state index is 12.4. The largest absolute Gasteiger partial charge is 0.493 e. The maximum atomic E-state index is 12.4. The van der Waals surface area contributed by atoms with Crippen LogP contribution in [0.4, 0.5) is 0 Å². The maximum Gasteiger partial charge on any atom is 0.311 e. The number of carbonyl (C=O) groups is 2. The molecular weight excluding hydrogens is 286 g/mol. The van der Waals surface area contributed by atoms with Crippen molar-refractivity contribution in [2.75, 3.05) is 20.8 Å². The van der Waals surface area contributed by atoms with E-state index in [1.807, 2.05) is 0 Å². The molecule has 22 heavy (non-hydrogen) atoms. The minimum absolute atomic E-state index is 0.0640. The SMILES string of the molecule is CCC(CC)(CNC(=O)c1cccc(OC)c1OC)C(=O)O. The molecule has 2 N–H and O–H groups in total. The van der Waals surface area contributed by atoms with E-state index in [0.717, 1.165) is 0 Å². The van der Waals surface area contributed by atoms with Crippen molar-refractivity contribution < 1.29 is 24.2 Å². The molecule has 0 aliphatic heterocycles. The molecule has 0 spiro atoms. The van der Waals surface area contributed by atoms with Gasteiger partial charge in [0.05, 0.1) is 25.2 Å². The number of carbonyl (C=O) groups excluding carboxylic acids is 1. The van der Waals surface area contributed by atoms with Gasteiger partial charge in [0.15, 0.2) is 11.5 Å². The minimum atomic E-state index is -0.957.